The average Bonchev–Trinajstić information content (AvgIpc) is 3.18. The number of rotatable bonds is 7. The molecule has 1 heterocycles. The molecule has 1 aliphatic heterocycles. The first-order valence-electron chi connectivity index (χ1n) is 8.84. The molecule has 1 unspecified atom stereocenters. The summed E-state index contributed by atoms with van der Waals surface area (Å²) in [6, 6.07) is 12.1. The Labute approximate surface area is 169 Å². The summed E-state index contributed by atoms with van der Waals surface area (Å²) in [5.41, 5.74) is 0.544. The van der Waals surface area contributed by atoms with Gasteiger partial charge in [0.25, 0.3) is 0 Å². The summed E-state index contributed by atoms with van der Waals surface area (Å²) in [5, 5.41) is 3.24. The van der Waals surface area contributed by atoms with Gasteiger partial charge in [-0.25, -0.2) is 8.42 Å². The number of carbonyl (C=O) groups is 1. The number of hydrogen-bond donors (Lipinski definition) is 1. The molecule has 1 saturated heterocycles. The molecule has 28 heavy (non-hydrogen) atoms. The minimum atomic E-state index is -3.78. The van der Waals surface area contributed by atoms with E-state index in [4.69, 9.17) is 16.3 Å². The summed E-state index contributed by atoms with van der Waals surface area (Å²) in [7, 11) is -3.78. The standard InChI is InChI=1S/C20H21ClN2O4S/c1-2-13-27-17-6-3-5-16(14-17)22-20(24)19-7-4-12-23(19)28(25,26)18-10-8-15(21)9-11-18/h2-3,5-6,8-11,14,19H,1,4,7,12-13H2,(H,22,24). The van der Waals surface area contributed by atoms with E-state index in [9.17, 15) is 13.2 Å². The van der Waals surface area contributed by atoms with Crippen LogP contribution in [0.3, 0.4) is 0 Å². The van der Waals surface area contributed by atoms with Crippen LogP contribution in [0.15, 0.2) is 66.1 Å². The maximum absolute atomic E-state index is 13.0. The smallest absolute Gasteiger partial charge is 0.243 e. The van der Waals surface area contributed by atoms with Gasteiger partial charge in [-0.15, -0.1) is 0 Å². The van der Waals surface area contributed by atoms with Gasteiger partial charge in [-0.1, -0.05) is 30.3 Å². The van der Waals surface area contributed by atoms with Crippen molar-refractivity contribution in [2.24, 2.45) is 0 Å². The fourth-order valence-corrected chi connectivity index (χ4v) is 4.86. The lowest BCUT2D eigenvalue weighted by molar-refractivity contribution is -0.119. The zero-order chi connectivity index (χ0) is 20.1. The first kappa shape index (κ1) is 20.4. The Balaban J connectivity index is 1.76. The van der Waals surface area contributed by atoms with Gasteiger partial charge in [0.15, 0.2) is 0 Å². The van der Waals surface area contributed by atoms with Crippen LogP contribution in [-0.4, -0.2) is 37.8 Å². The number of benzene rings is 2. The van der Waals surface area contributed by atoms with Crippen LogP contribution in [0.25, 0.3) is 0 Å². The monoisotopic (exact) mass is 420 g/mol. The number of anilines is 1. The Morgan fingerprint density at radius 3 is 2.75 bits per heavy atom. The molecule has 2 aromatic carbocycles. The fourth-order valence-electron chi connectivity index (χ4n) is 3.08. The molecule has 1 atom stereocenters. The van der Waals surface area contributed by atoms with Crippen LogP contribution < -0.4 is 10.1 Å². The first-order valence-corrected chi connectivity index (χ1v) is 10.7. The van der Waals surface area contributed by atoms with E-state index in [0.29, 0.717) is 42.5 Å². The summed E-state index contributed by atoms with van der Waals surface area (Å²) in [6.07, 6.45) is 2.71. The topological polar surface area (TPSA) is 75.7 Å². The fraction of sp³-hybridized carbons (Fsp3) is 0.250. The minimum absolute atomic E-state index is 0.122. The van der Waals surface area contributed by atoms with E-state index in [1.807, 2.05) is 0 Å². The molecule has 0 aliphatic carbocycles. The molecule has 1 N–H and O–H groups in total. The first-order chi connectivity index (χ1) is 13.4. The lowest BCUT2D eigenvalue weighted by Gasteiger charge is -2.23. The molecule has 1 aliphatic rings. The highest BCUT2D eigenvalue weighted by molar-refractivity contribution is 7.89. The van der Waals surface area contributed by atoms with Crippen LogP contribution >= 0.6 is 11.6 Å². The van der Waals surface area contributed by atoms with Crippen molar-refractivity contribution in [2.45, 2.75) is 23.8 Å². The van der Waals surface area contributed by atoms with Gasteiger partial charge in [-0.2, -0.15) is 4.31 Å². The van der Waals surface area contributed by atoms with Gasteiger partial charge < -0.3 is 10.1 Å². The summed E-state index contributed by atoms with van der Waals surface area (Å²) >= 11 is 5.85. The Bertz CT molecular complexity index is 960. The van der Waals surface area contributed by atoms with Crippen molar-refractivity contribution in [3.05, 3.63) is 66.2 Å². The average molecular weight is 421 g/mol. The molecular formula is C20H21ClN2O4S. The zero-order valence-electron chi connectivity index (χ0n) is 15.2. The molecule has 0 bridgehead atoms. The van der Waals surface area contributed by atoms with Gasteiger partial charge in [-0.05, 0) is 49.2 Å². The maximum atomic E-state index is 13.0. The van der Waals surface area contributed by atoms with E-state index < -0.39 is 16.1 Å². The van der Waals surface area contributed by atoms with E-state index in [-0.39, 0.29) is 10.8 Å². The van der Waals surface area contributed by atoms with E-state index >= 15 is 0 Å². The highest BCUT2D eigenvalue weighted by Crippen LogP contribution is 2.28. The number of halogens is 1. The van der Waals surface area contributed by atoms with Crippen molar-refractivity contribution < 1.29 is 17.9 Å². The molecule has 3 rings (SSSR count). The normalized spacial score (nSPS) is 17.2. The highest BCUT2D eigenvalue weighted by Gasteiger charge is 2.39. The molecule has 0 saturated carbocycles. The number of hydrogen-bond acceptors (Lipinski definition) is 4. The molecule has 1 amide bonds. The molecule has 6 nitrogen and oxygen atoms in total. The third-order valence-electron chi connectivity index (χ3n) is 4.40. The highest BCUT2D eigenvalue weighted by atomic mass is 35.5. The summed E-state index contributed by atoms with van der Waals surface area (Å²) < 4.78 is 32.6. The quantitative estimate of drug-likeness (QED) is 0.693. The van der Waals surface area contributed by atoms with Crippen molar-refractivity contribution >= 4 is 33.2 Å². The van der Waals surface area contributed by atoms with Gasteiger partial charge >= 0.3 is 0 Å². The predicted molar refractivity (Wildman–Crippen MR) is 109 cm³/mol. The molecular weight excluding hydrogens is 400 g/mol. The molecule has 148 valence electrons. The Morgan fingerprint density at radius 2 is 2.04 bits per heavy atom. The molecule has 2 aromatic rings. The van der Waals surface area contributed by atoms with E-state index in [2.05, 4.69) is 11.9 Å². The van der Waals surface area contributed by atoms with E-state index in [0.717, 1.165) is 0 Å². The third-order valence-corrected chi connectivity index (χ3v) is 6.57. The lowest BCUT2D eigenvalue weighted by Crippen LogP contribution is -2.43. The Kier molecular flexibility index (Phi) is 6.39. The summed E-state index contributed by atoms with van der Waals surface area (Å²) in [6.45, 7) is 4.25. The largest absolute Gasteiger partial charge is 0.489 e. The second-order valence-electron chi connectivity index (χ2n) is 6.34. The van der Waals surface area contributed by atoms with Crippen LogP contribution in [0.4, 0.5) is 5.69 Å². The van der Waals surface area contributed by atoms with Crippen molar-refractivity contribution in [3.63, 3.8) is 0 Å². The van der Waals surface area contributed by atoms with Gasteiger partial charge in [0.2, 0.25) is 15.9 Å². The summed E-state index contributed by atoms with van der Waals surface area (Å²) in [4.78, 5) is 12.9. The number of nitrogens with one attached hydrogen (secondary N) is 1. The zero-order valence-corrected chi connectivity index (χ0v) is 16.7. The van der Waals surface area contributed by atoms with Gasteiger partial charge in [0.1, 0.15) is 18.4 Å². The number of ether oxygens (including phenoxy) is 1. The van der Waals surface area contributed by atoms with Crippen molar-refractivity contribution in [1.29, 1.82) is 0 Å². The van der Waals surface area contributed by atoms with Crippen molar-refractivity contribution in [3.8, 4) is 5.75 Å². The second kappa shape index (κ2) is 8.77. The van der Waals surface area contributed by atoms with Crippen LogP contribution in [0.5, 0.6) is 5.75 Å². The van der Waals surface area contributed by atoms with Crippen molar-refractivity contribution in [2.75, 3.05) is 18.5 Å². The second-order valence-corrected chi connectivity index (χ2v) is 8.67. The van der Waals surface area contributed by atoms with Crippen LogP contribution in [0.1, 0.15) is 12.8 Å². The Morgan fingerprint density at radius 1 is 1.29 bits per heavy atom. The number of nitrogens with zero attached hydrogens (tertiary/aromatic N) is 1. The number of amides is 1. The number of carbonyl (C=O) groups excluding carboxylic acids is 1. The third kappa shape index (κ3) is 4.55. The van der Waals surface area contributed by atoms with Gasteiger partial charge in [0, 0.05) is 23.3 Å². The van der Waals surface area contributed by atoms with Crippen LogP contribution in [0.2, 0.25) is 5.02 Å². The maximum Gasteiger partial charge on any atom is 0.243 e. The van der Waals surface area contributed by atoms with Gasteiger partial charge in [0.05, 0.1) is 4.90 Å². The molecule has 0 spiro atoms. The van der Waals surface area contributed by atoms with Crippen LogP contribution in [-0.2, 0) is 14.8 Å². The predicted octanol–water partition coefficient (Wildman–Crippen LogP) is 3.70. The van der Waals surface area contributed by atoms with Crippen LogP contribution in [0, 0.1) is 0 Å². The van der Waals surface area contributed by atoms with Crippen molar-refractivity contribution in [1.82, 2.24) is 4.31 Å². The molecule has 0 radical (unpaired) electrons. The summed E-state index contributed by atoms with van der Waals surface area (Å²) in [5.74, 6) is 0.227. The van der Waals surface area contributed by atoms with E-state index in [1.54, 1.807) is 30.3 Å². The molecule has 1 fully saturated rings. The molecule has 0 aromatic heterocycles. The van der Waals surface area contributed by atoms with E-state index in [1.165, 1.54) is 28.6 Å². The Hall–Kier alpha value is -2.35. The minimum Gasteiger partial charge on any atom is -0.489 e. The van der Waals surface area contributed by atoms with Gasteiger partial charge in [-0.3, -0.25) is 4.79 Å². The SMILES string of the molecule is C=CCOc1cccc(NC(=O)C2CCCN2S(=O)(=O)c2ccc(Cl)cc2)c1. The lowest BCUT2D eigenvalue weighted by atomic mass is 10.2. The number of sulfonamides is 1. The molecule has 8 heteroatoms.